The van der Waals surface area contributed by atoms with Crippen LogP contribution in [0.15, 0.2) is 0 Å². The Bertz CT molecular complexity index is 179. The molecule has 0 aliphatic rings. The second-order valence-corrected chi connectivity index (χ2v) is 6.26. The zero-order valence-corrected chi connectivity index (χ0v) is 13.8. The lowest BCUT2D eigenvalue weighted by Gasteiger charge is -2.27. The van der Waals surface area contributed by atoms with Crippen molar-refractivity contribution in [1.82, 2.24) is 0 Å². The minimum atomic E-state index is -0.364. The molecule has 0 aromatic rings. The summed E-state index contributed by atoms with van der Waals surface area (Å²) in [4.78, 5) is 0. The van der Waals surface area contributed by atoms with Crippen molar-refractivity contribution in [2.75, 3.05) is 0 Å². The molecule has 0 saturated heterocycles. The summed E-state index contributed by atoms with van der Waals surface area (Å²) in [7, 11) is 0. The topological polar surface area (TPSA) is 20.2 Å². The quantitative estimate of drug-likeness (QED) is 0.370. The number of aliphatic hydroxyl groups is 1. The van der Waals surface area contributed by atoms with Gasteiger partial charge in [-0.3, -0.25) is 0 Å². The van der Waals surface area contributed by atoms with Crippen molar-refractivity contribution in [3.63, 3.8) is 0 Å². The van der Waals surface area contributed by atoms with Gasteiger partial charge in [0.1, 0.15) is 0 Å². The first-order valence-corrected chi connectivity index (χ1v) is 8.91. The van der Waals surface area contributed by atoms with E-state index in [2.05, 4.69) is 20.8 Å². The molecule has 0 aromatic carbocycles. The van der Waals surface area contributed by atoms with E-state index in [1.165, 1.54) is 70.6 Å². The van der Waals surface area contributed by atoms with Gasteiger partial charge in [-0.15, -0.1) is 0 Å². The summed E-state index contributed by atoms with van der Waals surface area (Å²) >= 11 is 0. The fraction of sp³-hybridized carbons (Fsp3) is 1.00. The third-order valence-corrected chi connectivity index (χ3v) is 4.40. The first kappa shape index (κ1) is 19.0. The minimum Gasteiger partial charge on any atom is -0.390 e. The predicted molar refractivity (Wildman–Crippen MR) is 86.6 cm³/mol. The van der Waals surface area contributed by atoms with Gasteiger partial charge in [0, 0.05) is 0 Å². The van der Waals surface area contributed by atoms with Crippen LogP contribution in [-0.4, -0.2) is 10.7 Å². The number of hydrogen-bond acceptors (Lipinski definition) is 1. The Balaban J connectivity index is 3.49. The van der Waals surface area contributed by atoms with Gasteiger partial charge in [0.05, 0.1) is 5.60 Å². The van der Waals surface area contributed by atoms with E-state index in [1.807, 2.05) is 0 Å². The van der Waals surface area contributed by atoms with Crippen LogP contribution in [-0.2, 0) is 0 Å². The summed E-state index contributed by atoms with van der Waals surface area (Å²) in [6, 6.07) is 0. The van der Waals surface area contributed by atoms with Crippen molar-refractivity contribution < 1.29 is 5.11 Å². The van der Waals surface area contributed by atoms with Crippen LogP contribution in [0.25, 0.3) is 0 Å². The molecule has 0 aromatic heterocycles. The normalized spacial score (nSPS) is 14.5. The minimum absolute atomic E-state index is 0.364. The van der Waals surface area contributed by atoms with E-state index in [0.717, 1.165) is 19.3 Å². The molecule has 0 heterocycles. The maximum Gasteiger partial charge on any atom is 0.0645 e. The lowest BCUT2D eigenvalue weighted by atomic mass is 9.88. The Kier molecular flexibility index (Phi) is 12.9. The highest BCUT2D eigenvalue weighted by Crippen LogP contribution is 2.25. The number of rotatable bonds is 14. The van der Waals surface area contributed by atoms with Crippen molar-refractivity contribution in [2.24, 2.45) is 0 Å². The van der Waals surface area contributed by atoms with Crippen LogP contribution in [0.2, 0.25) is 0 Å². The van der Waals surface area contributed by atoms with Gasteiger partial charge >= 0.3 is 0 Å². The molecule has 0 bridgehead atoms. The van der Waals surface area contributed by atoms with Crippen LogP contribution in [0.4, 0.5) is 0 Å². The highest BCUT2D eigenvalue weighted by Gasteiger charge is 2.22. The van der Waals surface area contributed by atoms with Gasteiger partial charge in [-0.25, -0.2) is 0 Å². The highest BCUT2D eigenvalue weighted by molar-refractivity contribution is 4.76. The summed E-state index contributed by atoms with van der Waals surface area (Å²) in [5, 5.41) is 10.5. The van der Waals surface area contributed by atoms with E-state index in [0.29, 0.717) is 0 Å². The Morgan fingerprint density at radius 3 is 1.42 bits per heavy atom. The standard InChI is InChI=1S/C18H38O/c1-4-7-9-10-11-12-13-15-17-18(19,6-3)16-14-8-5-2/h19H,4-17H2,1-3H3. The van der Waals surface area contributed by atoms with E-state index in [4.69, 9.17) is 0 Å². The van der Waals surface area contributed by atoms with E-state index in [-0.39, 0.29) is 5.60 Å². The molecule has 1 unspecified atom stereocenters. The maximum absolute atomic E-state index is 10.5. The van der Waals surface area contributed by atoms with Crippen LogP contribution in [0, 0.1) is 0 Å². The molecule has 0 spiro atoms. The van der Waals surface area contributed by atoms with Gasteiger partial charge in [-0.1, -0.05) is 91.4 Å². The van der Waals surface area contributed by atoms with Gasteiger partial charge in [0.2, 0.25) is 0 Å². The van der Waals surface area contributed by atoms with Gasteiger partial charge in [-0.05, 0) is 19.3 Å². The summed E-state index contributed by atoms with van der Waals surface area (Å²) in [6.45, 7) is 6.63. The molecule has 0 saturated carbocycles. The Morgan fingerprint density at radius 1 is 0.579 bits per heavy atom. The van der Waals surface area contributed by atoms with Gasteiger partial charge in [0.15, 0.2) is 0 Å². The molecular weight excluding hydrogens is 232 g/mol. The Hall–Kier alpha value is -0.0400. The van der Waals surface area contributed by atoms with Crippen molar-refractivity contribution in [2.45, 2.75) is 116 Å². The molecule has 0 radical (unpaired) electrons. The van der Waals surface area contributed by atoms with E-state index in [9.17, 15) is 5.11 Å². The molecular formula is C18H38O. The average molecular weight is 271 g/mol. The molecule has 0 aliphatic carbocycles. The van der Waals surface area contributed by atoms with Crippen LogP contribution in [0.5, 0.6) is 0 Å². The molecule has 1 N–H and O–H groups in total. The molecule has 0 aliphatic heterocycles. The van der Waals surface area contributed by atoms with E-state index in [1.54, 1.807) is 0 Å². The van der Waals surface area contributed by atoms with Crippen molar-refractivity contribution >= 4 is 0 Å². The monoisotopic (exact) mass is 270 g/mol. The lowest BCUT2D eigenvalue weighted by molar-refractivity contribution is 0.0141. The van der Waals surface area contributed by atoms with Crippen molar-refractivity contribution in [3.8, 4) is 0 Å². The molecule has 116 valence electrons. The van der Waals surface area contributed by atoms with Gasteiger partial charge in [-0.2, -0.15) is 0 Å². The molecule has 1 nitrogen and oxygen atoms in total. The fourth-order valence-corrected chi connectivity index (χ4v) is 2.77. The zero-order valence-electron chi connectivity index (χ0n) is 13.8. The van der Waals surface area contributed by atoms with Crippen molar-refractivity contribution in [1.29, 1.82) is 0 Å². The SMILES string of the molecule is CCCCCCCCCCC(O)(CC)CCCCC. The van der Waals surface area contributed by atoms with Crippen LogP contribution >= 0.6 is 0 Å². The fourth-order valence-electron chi connectivity index (χ4n) is 2.77. The highest BCUT2D eigenvalue weighted by atomic mass is 16.3. The molecule has 1 atom stereocenters. The van der Waals surface area contributed by atoms with Gasteiger partial charge in [0.25, 0.3) is 0 Å². The van der Waals surface area contributed by atoms with Crippen molar-refractivity contribution in [3.05, 3.63) is 0 Å². The Morgan fingerprint density at radius 2 is 0.947 bits per heavy atom. The number of unbranched alkanes of at least 4 members (excludes halogenated alkanes) is 9. The van der Waals surface area contributed by atoms with E-state index < -0.39 is 0 Å². The molecule has 0 rings (SSSR count). The third-order valence-electron chi connectivity index (χ3n) is 4.40. The summed E-state index contributed by atoms with van der Waals surface area (Å²) in [5.41, 5.74) is -0.364. The average Bonchev–Trinajstić information content (AvgIpc) is 2.42. The van der Waals surface area contributed by atoms with Crippen LogP contribution in [0.3, 0.4) is 0 Å². The molecule has 0 amide bonds. The lowest BCUT2D eigenvalue weighted by Crippen LogP contribution is -2.27. The first-order valence-electron chi connectivity index (χ1n) is 8.91. The molecule has 0 fully saturated rings. The number of hydrogen-bond donors (Lipinski definition) is 1. The first-order chi connectivity index (χ1) is 9.18. The molecule has 19 heavy (non-hydrogen) atoms. The third kappa shape index (κ3) is 11.5. The largest absolute Gasteiger partial charge is 0.390 e. The Labute approximate surface area is 122 Å². The smallest absolute Gasteiger partial charge is 0.0645 e. The summed E-state index contributed by atoms with van der Waals surface area (Å²) in [5.74, 6) is 0. The van der Waals surface area contributed by atoms with Crippen LogP contribution in [0.1, 0.15) is 111 Å². The predicted octanol–water partition coefficient (Wildman–Crippen LogP) is 6.24. The second kappa shape index (κ2) is 13.0. The maximum atomic E-state index is 10.5. The van der Waals surface area contributed by atoms with Gasteiger partial charge < -0.3 is 5.11 Å². The summed E-state index contributed by atoms with van der Waals surface area (Å²) in [6.07, 6.45) is 17.5. The van der Waals surface area contributed by atoms with E-state index >= 15 is 0 Å². The second-order valence-electron chi connectivity index (χ2n) is 6.26. The molecule has 1 heteroatoms. The summed E-state index contributed by atoms with van der Waals surface area (Å²) < 4.78 is 0. The zero-order chi connectivity index (χ0) is 14.4. The van der Waals surface area contributed by atoms with Crippen LogP contribution < -0.4 is 0 Å².